The molecule has 3 aromatic heterocycles. The molecule has 1 aliphatic heterocycles. The van der Waals surface area contributed by atoms with Gasteiger partial charge < -0.3 is 4.90 Å². The molecule has 0 amide bonds. The van der Waals surface area contributed by atoms with Crippen molar-refractivity contribution in [3.05, 3.63) is 208 Å². The molecule has 3 nitrogen and oxygen atoms in total. The van der Waals surface area contributed by atoms with E-state index in [9.17, 15) is 0 Å². The van der Waals surface area contributed by atoms with Crippen LogP contribution in [0.25, 0.3) is 64.6 Å². The molecule has 4 heterocycles. The number of thiophene rings is 1. The van der Waals surface area contributed by atoms with Crippen molar-refractivity contribution in [2.24, 2.45) is 0 Å². The molecule has 0 fully saturated rings. The molecule has 0 radical (unpaired) electrons. The van der Waals surface area contributed by atoms with Gasteiger partial charge in [-0.1, -0.05) is 125 Å². The molecule has 0 atom stereocenters. The van der Waals surface area contributed by atoms with Crippen molar-refractivity contribution in [3.63, 3.8) is 0 Å². The second-order valence-corrected chi connectivity index (χ2v) is 20.6. The maximum Gasteiger partial charge on any atom is 0.0937 e. The predicted molar refractivity (Wildman–Crippen MR) is 261 cm³/mol. The molecular weight excluding hydrogens is 783 g/mol. The van der Waals surface area contributed by atoms with Gasteiger partial charge in [-0.25, -0.2) is 0 Å². The first-order valence-corrected chi connectivity index (χ1v) is 23.3. The van der Waals surface area contributed by atoms with Gasteiger partial charge in [0.15, 0.2) is 0 Å². The van der Waals surface area contributed by atoms with Gasteiger partial charge in [-0.15, -0.1) is 11.3 Å². The zero-order chi connectivity index (χ0) is 41.7. The number of pyridine rings is 2. The standard InChI is InChI=1S/C59H41N3S/c1-57(2)39-14-6-7-17-45(39)62(47-31-49-38(30-44(47)57)34-12-5-8-19-48(34)63-49)46-18-9-13-35-36-25-27-41-52(54(36)58(3,4)53(35)46)37-24-22-32-20-21-33-23-26-40(51(37)50(32)33)59(41)42-15-10-28-60-55(42)56-43(59)16-11-29-61-56/h5-19,22-31H,20-21H2,1-4H3. The lowest BCUT2D eigenvalue weighted by molar-refractivity contribution is 0.630. The first-order valence-electron chi connectivity index (χ1n) is 22.4. The van der Waals surface area contributed by atoms with Crippen molar-refractivity contribution in [1.29, 1.82) is 0 Å². The van der Waals surface area contributed by atoms with Gasteiger partial charge in [0.05, 0.1) is 33.9 Å². The fraction of sp³-hybridized carbons (Fsp3) is 0.153. The molecule has 0 bridgehead atoms. The Morgan fingerprint density at radius 1 is 0.460 bits per heavy atom. The van der Waals surface area contributed by atoms with Crippen LogP contribution in [-0.4, -0.2) is 9.97 Å². The Labute approximate surface area is 370 Å². The Morgan fingerprint density at radius 3 is 1.94 bits per heavy atom. The van der Waals surface area contributed by atoms with E-state index in [2.05, 4.69) is 172 Å². The fourth-order valence-corrected chi connectivity index (χ4v) is 14.6. The van der Waals surface area contributed by atoms with E-state index in [1.54, 1.807) is 0 Å². The van der Waals surface area contributed by atoms with E-state index < -0.39 is 5.41 Å². The summed E-state index contributed by atoms with van der Waals surface area (Å²) in [5, 5.41) is 5.56. The zero-order valence-electron chi connectivity index (χ0n) is 35.6. The molecule has 4 heteroatoms. The molecule has 1 spiro atoms. The van der Waals surface area contributed by atoms with Gasteiger partial charge in [0.1, 0.15) is 0 Å². The molecule has 7 aromatic carbocycles. The van der Waals surface area contributed by atoms with Crippen LogP contribution in [0.3, 0.4) is 0 Å². The number of aryl methyl sites for hydroxylation is 2. The number of hydrogen-bond donors (Lipinski definition) is 0. The van der Waals surface area contributed by atoms with Gasteiger partial charge in [0.2, 0.25) is 0 Å². The Kier molecular flexibility index (Phi) is 6.26. The summed E-state index contributed by atoms with van der Waals surface area (Å²) in [7, 11) is 0. The number of rotatable bonds is 1. The van der Waals surface area contributed by atoms with Crippen molar-refractivity contribution in [2.45, 2.75) is 56.8 Å². The predicted octanol–water partition coefficient (Wildman–Crippen LogP) is 14.9. The summed E-state index contributed by atoms with van der Waals surface area (Å²) >= 11 is 1.91. The summed E-state index contributed by atoms with van der Waals surface area (Å²) in [5.41, 5.74) is 23.6. The average Bonchev–Trinajstić information content (AvgIpc) is 4.04. The van der Waals surface area contributed by atoms with Crippen LogP contribution in [0, 0.1) is 0 Å². The number of hydrogen-bond acceptors (Lipinski definition) is 4. The van der Waals surface area contributed by atoms with E-state index in [4.69, 9.17) is 9.97 Å². The van der Waals surface area contributed by atoms with Gasteiger partial charge in [0, 0.05) is 43.4 Å². The largest absolute Gasteiger partial charge is 0.309 e. The highest BCUT2D eigenvalue weighted by atomic mass is 32.1. The SMILES string of the molecule is CC1(C)c2ccccc2N(c2cccc3c2C(C)(C)c2c-3ccc3c2-c2ccc4c5c(ccc(c25)C32c3cccnc3-c3ncccc32)CC4)c2cc3sc4ccccc4c3cc21. The second kappa shape index (κ2) is 11.4. The summed E-state index contributed by atoms with van der Waals surface area (Å²) < 4.78 is 2.66. The molecule has 0 saturated heterocycles. The highest BCUT2D eigenvalue weighted by Crippen LogP contribution is 2.67. The van der Waals surface area contributed by atoms with Crippen LogP contribution in [0.5, 0.6) is 0 Å². The van der Waals surface area contributed by atoms with Gasteiger partial charge in [-0.05, 0) is 144 Å². The maximum absolute atomic E-state index is 5.10. The van der Waals surface area contributed by atoms with Crippen LogP contribution in [0.1, 0.15) is 83.3 Å². The molecule has 10 aromatic rings. The van der Waals surface area contributed by atoms with Crippen molar-refractivity contribution in [2.75, 3.05) is 4.90 Å². The molecule has 15 rings (SSSR count). The first kappa shape index (κ1) is 34.7. The van der Waals surface area contributed by atoms with Gasteiger partial charge >= 0.3 is 0 Å². The molecule has 0 saturated carbocycles. The van der Waals surface area contributed by atoms with Gasteiger partial charge in [0.25, 0.3) is 0 Å². The number of benzene rings is 7. The highest BCUT2D eigenvalue weighted by molar-refractivity contribution is 7.25. The molecule has 5 aliphatic rings. The normalized spacial score (nSPS) is 16.8. The van der Waals surface area contributed by atoms with E-state index in [1.807, 2.05) is 23.7 Å². The second-order valence-electron chi connectivity index (χ2n) is 19.5. The molecule has 0 unspecified atom stereocenters. The maximum atomic E-state index is 5.10. The third-order valence-corrected chi connectivity index (χ3v) is 17.1. The Bertz CT molecular complexity index is 3720. The third-order valence-electron chi connectivity index (χ3n) is 16.0. The van der Waals surface area contributed by atoms with Crippen LogP contribution < -0.4 is 4.90 Å². The first-order chi connectivity index (χ1) is 30.8. The van der Waals surface area contributed by atoms with E-state index in [-0.39, 0.29) is 10.8 Å². The van der Waals surface area contributed by atoms with Crippen LogP contribution in [0.2, 0.25) is 0 Å². The fourth-order valence-electron chi connectivity index (χ4n) is 13.5. The molecule has 0 N–H and O–H groups in total. The van der Waals surface area contributed by atoms with Crippen LogP contribution in [0.4, 0.5) is 17.1 Å². The molecular formula is C59H41N3S. The molecule has 63 heavy (non-hydrogen) atoms. The summed E-state index contributed by atoms with van der Waals surface area (Å²) in [4.78, 5) is 12.8. The Balaban J connectivity index is 1.04. The topological polar surface area (TPSA) is 29.0 Å². The smallest absolute Gasteiger partial charge is 0.0937 e. The summed E-state index contributed by atoms with van der Waals surface area (Å²) in [6.07, 6.45) is 6.05. The number of aromatic nitrogens is 2. The van der Waals surface area contributed by atoms with Crippen molar-refractivity contribution in [1.82, 2.24) is 9.97 Å². The van der Waals surface area contributed by atoms with E-state index in [0.717, 1.165) is 24.2 Å². The summed E-state index contributed by atoms with van der Waals surface area (Å²) in [5.74, 6) is 0. The third kappa shape index (κ3) is 3.92. The van der Waals surface area contributed by atoms with Crippen LogP contribution in [-0.2, 0) is 29.1 Å². The van der Waals surface area contributed by atoms with Crippen molar-refractivity contribution < 1.29 is 0 Å². The molecule has 298 valence electrons. The number of para-hydroxylation sites is 1. The minimum Gasteiger partial charge on any atom is -0.309 e. The zero-order valence-corrected chi connectivity index (χ0v) is 36.4. The van der Waals surface area contributed by atoms with Gasteiger partial charge in [-0.2, -0.15) is 0 Å². The lowest BCUT2D eigenvalue weighted by atomic mass is 9.59. The average molecular weight is 824 g/mol. The summed E-state index contributed by atoms with van der Waals surface area (Å²) in [6, 6.07) is 53.8. The Morgan fingerprint density at radius 2 is 1.13 bits per heavy atom. The van der Waals surface area contributed by atoms with Crippen LogP contribution >= 0.6 is 11.3 Å². The number of fused-ring (bicyclic) bond motifs is 18. The lowest BCUT2D eigenvalue weighted by Gasteiger charge is -2.44. The van der Waals surface area contributed by atoms with E-state index in [0.29, 0.717) is 0 Å². The van der Waals surface area contributed by atoms with Crippen LogP contribution in [0.15, 0.2) is 152 Å². The van der Waals surface area contributed by atoms with Crippen molar-refractivity contribution >= 4 is 59.3 Å². The van der Waals surface area contributed by atoms with E-state index in [1.165, 1.54) is 126 Å². The number of nitrogens with zero attached hydrogens (tertiary/aromatic N) is 3. The number of anilines is 3. The highest BCUT2D eigenvalue weighted by Gasteiger charge is 2.54. The minimum absolute atomic E-state index is 0.200. The monoisotopic (exact) mass is 823 g/mol. The summed E-state index contributed by atoms with van der Waals surface area (Å²) in [6.45, 7) is 9.82. The van der Waals surface area contributed by atoms with E-state index >= 15 is 0 Å². The lowest BCUT2D eigenvalue weighted by Crippen LogP contribution is -2.33. The molecule has 4 aliphatic carbocycles. The minimum atomic E-state index is -0.566. The Hall–Kier alpha value is -6.88. The quantitative estimate of drug-likeness (QED) is 0.165. The van der Waals surface area contributed by atoms with Crippen molar-refractivity contribution in [3.8, 4) is 33.6 Å². The van der Waals surface area contributed by atoms with Gasteiger partial charge in [-0.3, -0.25) is 9.97 Å².